The summed E-state index contributed by atoms with van der Waals surface area (Å²) >= 11 is 3.43. The van der Waals surface area contributed by atoms with E-state index in [0.717, 1.165) is 10.0 Å². The Labute approximate surface area is 119 Å². The fourth-order valence-corrected chi connectivity index (χ4v) is 2.45. The van der Waals surface area contributed by atoms with E-state index in [1.54, 1.807) is 12.1 Å². The standard InChI is InChI=1S/C15H13BrFNO/c1-10(11-6-2-4-8-13(11)16)18-15(19)12-7-3-5-9-14(12)17/h2-10H,1H3,(H,18,19). The van der Waals surface area contributed by atoms with E-state index in [4.69, 9.17) is 0 Å². The highest BCUT2D eigenvalue weighted by molar-refractivity contribution is 9.10. The summed E-state index contributed by atoms with van der Waals surface area (Å²) in [4.78, 5) is 12.0. The number of hydrogen-bond donors (Lipinski definition) is 1. The maximum Gasteiger partial charge on any atom is 0.254 e. The highest BCUT2D eigenvalue weighted by Crippen LogP contribution is 2.23. The van der Waals surface area contributed by atoms with Crippen molar-refractivity contribution in [2.45, 2.75) is 13.0 Å². The van der Waals surface area contributed by atoms with Crippen molar-refractivity contribution in [1.29, 1.82) is 0 Å². The predicted molar refractivity (Wildman–Crippen MR) is 76.4 cm³/mol. The molecule has 1 unspecified atom stereocenters. The predicted octanol–water partition coefficient (Wildman–Crippen LogP) is 4.08. The van der Waals surface area contributed by atoms with E-state index in [1.165, 1.54) is 12.1 Å². The molecule has 19 heavy (non-hydrogen) atoms. The Morgan fingerprint density at radius 3 is 2.47 bits per heavy atom. The smallest absolute Gasteiger partial charge is 0.254 e. The van der Waals surface area contributed by atoms with Crippen LogP contribution in [0.3, 0.4) is 0 Å². The first-order chi connectivity index (χ1) is 9.09. The lowest BCUT2D eigenvalue weighted by molar-refractivity contribution is 0.0935. The van der Waals surface area contributed by atoms with E-state index in [2.05, 4.69) is 21.2 Å². The normalized spacial score (nSPS) is 11.9. The Bertz CT molecular complexity index is 600. The Hall–Kier alpha value is -1.68. The summed E-state index contributed by atoms with van der Waals surface area (Å²) in [5, 5.41) is 2.79. The van der Waals surface area contributed by atoms with Crippen molar-refractivity contribution in [2.75, 3.05) is 0 Å². The molecule has 0 aliphatic carbocycles. The molecule has 0 spiro atoms. The van der Waals surface area contributed by atoms with Crippen molar-refractivity contribution in [3.63, 3.8) is 0 Å². The minimum absolute atomic E-state index is 0.0569. The molecule has 1 N–H and O–H groups in total. The number of nitrogens with one attached hydrogen (secondary N) is 1. The number of halogens is 2. The van der Waals surface area contributed by atoms with Crippen LogP contribution in [0.4, 0.5) is 4.39 Å². The van der Waals surface area contributed by atoms with Gasteiger partial charge in [-0.15, -0.1) is 0 Å². The second-order valence-corrected chi connectivity index (χ2v) is 5.05. The summed E-state index contributed by atoms with van der Waals surface area (Å²) in [5.41, 5.74) is 1.01. The van der Waals surface area contributed by atoms with Gasteiger partial charge >= 0.3 is 0 Å². The SMILES string of the molecule is CC(NC(=O)c1ccccc1F)c1ccccc1Br. The minimum atomic E-state index is -0.515. The number of hydrogen-bond acceptors (Lipinski definition) is 1. The van der Waals surface area contributed by atoms with Crippen LogP contribution in [-0.2, 0) is 0 Å². The first-order valence-electron chi connectivity index (χ1n) is 5.89. The van der Waals surface area contributed by atoms with Crippen LogP contribution in [0.2, 0.25) is 0 Å². The van der Waals surface area contributed by atoms with Crippen LogP contribution < -0.4 is 5.32 Å². The zero-order valence-electron chi connectivity index (χ0n) is 10.4. The van der Waals surface area contributed by atoms with Crippen LogP contribution in [-0.4, -0.2) is 5.91 Å². The topological polar surface area (TPSA) is 29.1 Å². The van der Waals surface area contributed by atoms with Crippen molar-refractivity contribution < 1.29 is 9.18 Å². The van der Waals surface area contributed by atoms with Gasteiger partial charge < -0.3 is 5.32 Å². The first-order valence-corrected chi connectivity index (χ1v) is 6.68. The number of carbonyl (C=O) groups excluding carboxylic acids is 1. The lowest BCUT2D eigenvalue weighted by Crippen LogP contribution is -2.27. The molecule has 0 bridgehead atoms. The number of benzene rings is 2. The zero-order chi connectivity index (χ0) is 13.8. The summed E-state index contributed by atoms with van der Waals surface area (Å²) in [7, 11) is 0. The van der Waals surface area contributed by atoms with Crippen molar-refractivity contribution in [1.82, 2.24) is 5.32 Å². The Morgan fingerprint density at radius 1 is 1.16 bits per heavy atom. The van der Waals surface area contributed by atoms with Gasteiger partial charge in [0.25, 0.3) is 5.91 Å². The lowest BCUT2D eigenvalue weighted by Gasteiger charge is -2.16. The second-order valence-electron chi connectivity index (χ2n) is 4.20. The van der Waals surface area contributed by atoms with Gasteiger partial charge in [0, 0.05) is 4.47 Å². The van der Waals surface area contributed by atoms with Crippen LogP contribution in [0.1, 0.15) is 28.9 Å². The molecule has 0 saturated heterocycles. The van der Waals surface area contributed by atoms with E-state index < -0.39 is 11.7 Å². The molecule has 1 atom stereocenters. The van der Waals surface area contributed by atoms with Crippen LogP contribution >= 0.6 is 15.9 Å². The summed E-state index contributed by atoms with van der Waals surface area (Å²) in [5.74, 6) is -0.930. The molecule has 0 aliphatic heterocycles. The first kappa shape index (κ1) is 13.7. The van der Waals surface area contributed by atoms with Crippen molar-refractivity contribution in [2.24, 2.45) is 0 Å². The molecule has 0 radical (unpaired) electrons. The summed E-state index contributed by atoms with van der Waals surface area (Å²) in [6, 6.07) is 13.4. The molecular formula is C15H13BrFNO. The fourth-order valence-electron chi connectivity index (χ4n) is 1.82. The molecule has 0 heterocycles. The van der Waals surface area contributed by atoms with E-state index in [1.807, 2.05) is 31.2 Å². The molecule has 0 fully saturated rings. The molecule has 2 rings (SSSR count). The third-order valence-corrected chi connectivity index (χ3v) is 3.56. The van der Waals surface area contributed by atoms with Gasteiger partial charge in [-0.2, -0.15) is 0 Å². The van der Waals surface area contributed by atoms with Crippen LogP contribution in [0, 0.1) is 5.82 Å². The van der Waals surface area contributed by atoms with Crippen molar-refractivity contribution in [3.8, 4) is 0 Å². The average Bonchev–Trinajstić information content (AvgIpc) is 2.39. The van der Waals surface area contributed by atoms with Gasteiger partial charge in [0.1, 0.15) is 5.82 Å². The Morgan fingerprint density at radius 2 is 1.79 bits per heavy atom. The molecule has 0 saturated carbocycles. The third-order valence-electron chi connectivity index (χ3n) is 2.84. The highest BCUT2D eigenvalue weighted by Gasteiger charge is 2.15. The van der Waals surface area contributed by atoms with Crippen LogP contribution in [0.15, 0.2) is 53.0 Å². The number of carbonyl (C=O) groups is 1. The van der Waals surface area contributed by atoms with E-state index >= 15 is 0 Å². The average molecular weight is 322 g/mol. The maximum atomic E-state index is 13.5. The van der Waals surface area contributed by atoms with Crippen LogP contribution in [0.25, 0.3) is 0 Å². The fraction of sp³-hybridized carbons (Fsp3) is 0.133. The Balaban J connectivity index is 2.16. The van der Waals surface area contributed by atoms with Gasteiger partial charge in [-0.3, -0.25) is 4.79 Å². The lowest BCUT2D eigenvalue weighted by atomic mass is 10.1. The van der Waals surface area contributed by atoms with Gasteiger partial charge in [-0.25, -0.2) is 4.39 Å². The maximum absolute atomic E-state index is 13.5. The molecule has 1 amide bonds. The molecule has 0 aromatic heterocycles. The third kappa shape index (κ3) is 3.20. The monoisotopic (exact) mass is 321 g/mol. The molecular weight excluding hydrogens is 309 g/mol. The zero-order valence-corrected chi connectivity index (χ0v) is 11.9. The van der Waals surface area contributed by atoms with E-state index in [0.29, 0.717) is 0 Å². The molecule has 2 nitrogen and oxygen atoms in total. The largest absolute Gasteiger partial charge is 0.345 e. The van der Waals surface area contributed by atoms with Gasteiger partial charge in [0.15, 0.2) is 0 Å². The molecule has 0 aliphatic rings. The van der Waals surface area contributed by atoms with Crippen LogP contribution in [0.5, 0.6) is 0 Å². The minimum Gasteiger partial charge on any atom is -0.345 e. The van der Waals surface area contributed by atoms with Crippen molar-refractivity contribution >= 4 is 21.8 Å². The van der Waals surface area contributed by atoms with Gasteiger partial charge in [0.05, 0.1) is 11.6 Å². The van der Waals surface area contributed by atoms with E-state index in [9.17, 15) is 9.18 Å². The number of rotatable bonds is 3. The summed E-state index contributed by atoms with van der Waals surface area (Å²) in [6.45, 7) is 1.86. The number of amides is 1. The molecule has 98 valence electrons. The molecule has 4 heteroatoms. The van der Waals surface area contributed by atoms with Gasteiger partial charge in [0.2, 0.25) is 0 Å². The van der Waals surface area contributed by atoms with Gasteiger partial charge in [-0.05, 0) is 30.7 Å². The van der Waals surface area contributed by atoms with Gasteiger partial charge in [-0.1, -0.05) is 46.3 Å². The molecule has 2 aromatic rings. The summed E-state index contributed by atoms with van der Waals surface area (Å²) < 4.78 is 14.4. The quantitative estimate of drug-likeness (QED) is 0.906. The second kappa shape index (κ2) is 5.97. The van der Waals surface area contributed by atoms with Crippen molar-refractivity contribution in [3.05, 3.63) is 69.9 Å². The molecule has 2 aromatic carbocycles. The summed E-state index contributed by atoms with van der Waals surface area (Å²) in [6.07, 6.45) is 0. The Kier molecular flexibility index (Phi) is 4.32. The van der Waals surface area contributed by atoms with E-state index in [-0.39, 0.29) is 11.6 Å². The highest BCUT2D eigenvalue weighted by atomic mass is 79.9.